The van der Waals surface area contributed by atoms with Crippen molar-refractivity contribution in [2.45, 2.75) is 25.3 Å². The molecule has 0 saturated heterocycles. The summed E-state index contributed by atoms with van der Waals surface area (Å²) in [4.78, 5) is 25.0. The number of methoxy groups -OCH3 is 1. The lowest BCUT2D eigenvalue weighted by atomic mass is 9.90. The number of benzene rings is 2. The second-order valence-corrected chi connectivity index (χ2v) is 7.29. The molecular formula is C24H27NO5. The van der Waals surface area contributed by atoms with E-state index in [0.717, 1.165) is 22.6 Å². The molecule has 2 atom stereocenters. The van der Waals surface area contributed by atoms with Crippen LogP contribution < -0.4 is 15.2 Å². The number of carbonyl (C=O) groups excluding carboxylic acids is 2. The van der Waals surface area contributed by atoms with E-state index in [0.29, 0.717) is 26.1 Å². The maximum absolute atomic E-state index is 12.7. The largest absolute Gasteiger partial charge is 0.490 e. The van der Waals surface area contributed by atoms with Gasteiger partial charge in [-0.05, 0) is 60.4 Å². The first-order chi connectivity index (χ1) is 14.5. The minimum Gasteiger partial charge on any atom is -0.490 e. The molecule has 0 fully saturated rings. The van der Waals surface area contributed by atoms with Crippen molar-refractivity contribution in [2.24, 2.45) is 11.7 Å². The summed E-state index contributed by atoms with van der Waals surface area (Å²) in [7, 11) is 1.33. The normalized spacial score (nSPS) is 21.3. The number of ketones is 1. The third-order valence-corrected chi connectivity index (χ3v) is 5.04. The highest BCUT2D eigenvalue weighted by molar-refractivity contribution is 5.88. The van der Waals surface area contributed by atoms with Gasteiger partial charge in [-0.1, -0.05) is 24.3 Å². The predicted octanol–water partition coefficient (Wildman–Crippen LogP) is 2.87. The number of hydrogen-bond acceptors (Lipinski definition) is 6. The molecule has 0 saturated carbocycles. The van der Waals surface area contributed by atoms with Crippen LogP contribution in [0.4, 0.5) is 0 Å². The number of hydrogen-bond donors (Lipinski definition) is 1. The van der Waals surface area contributed by atoms with Crippen molar-refractivity contribution in [1.29, 1.82) is 0 Å². The summed E-state index contributed by atoms with van der Waals surface area (Å²) in [6.07, 6.45) is 4.64. The molecule has 4 heterocycles. The van der Waals surface area contributed by atoms with Crippen LogP contribution in [0.5, 0.6) is 11.5 Å². The van der Waals surface area contributed by atoms with Gasteiger partial charge in [-0.3, -0.25) is 9.59 Å². The van der Waals surface area contributed by atoms with Crippen LogP contribution in [0.15, 0.2) is 60.7 Å². The van der Waals surface area contributed by atoms with Gasteiger partial charge in [-0.25, -0.2) is 0 Å². The number of esters is 1. The van der Waals surface area contributed by atoms with E-state index in [1.807, 2.05) is 60.7 Å². The molecule has 6 heteroatoms. The van der Waals surface area contributed by atoms with Gasteiger partial charge in [-0.15, -0.1) is 0 Å². The fraction of sp³-hybridized carbons (Fsp3) is 0.333. The second kappa shape index (κ2) is 10.6. The Hall–Kier alpha value is -3.12. The van der Waals surface area contributed by atoms with Crippen LogP contribution in [0.1, 0.15) is 17.5 Å². The molecule has 0 radical (unpaired) electrons. The van der Waals surface area contributed by atoms with E-state index in [9.17, 15) is 9.59 Å². The Labute approximate surface area is 176 Å². The molecule has 0 spiro atoms. The Balaban J connectivity index is 1.81. The van der Waals surface area contributed by atoms with Gasteiger partial charge >= 0.3 is 5.97 Å². The van der Waals surface area contributed by atoms with E-state index in [1.54, 1.807) is 0 Å². The van der Waals surface area contributed by atoms with Crippen molar-refractivity contribution >= 4 is 11.8 Å². The molecule has 2 aromatic carbocycles. The Morgan fingerprint density at radius 2 is 1.37 bits per heavy atom. The van der Waals surface area contributed by atoms with Crippen LogP contribution in [-0.4, -0.2) is 38.1 Å². The van der Waals surface area contributed by atoms with Gasteiger partial charge in [0.2, 0.25) is 0 Å². The van der Waals surface area contributed by atoms with Crippen molar-refractivity contribution in [1.82, 2.24) is 0 Å². The highest BCUT2D eigenvalue weighted by Gasteiger charge is 2.26. The van der Waals surface area contributed by atoms with Crippen molar-refractivity contribution in [2.75, 3.05) is 20.3 Å². The maximum atomic E-state index is 12.7. The highest BCUT2D eigenvalue weighted by Crippen LogP contribution is 2.20. The monoisotopic (exact) mass is 409 g/mol. The molecule has 0 unspecified atom stereocenters. The zero-order valence-corrected chi connectivity index (χ0v) is 17.1. The van der Waals surface area contributed by atoms with E-state index in [-0.39, 0.29) is 12.2 Å². The van der Waals surface area contributed by atoms with E-state index in [4.69, 9.17) is 19.9 Å². The molecular weight excluding hydrogens is 382 g/mol. The minimum atomic E-state index is -0.687. The first-order valence-electron chi connectivity index (χ1n) is 9.99. The van der Waals surface area contributed by atoms with Crippen molar-refractivity contribution in [3.05, 3.63) is 71.8 Å². The van der Waals surface area contributed by atoms with Gasteiger partial charge in [0.25, 0.3) is 0 Å². The topological polar surface area (TPSA) is 87.9 Å². The molecule has 2 aromatic rings. The average molecular weight is 409 g/mol. The Kier molecular flexibility index (Phi) is 7.63. The summed E-state index contributed by atoms with van der Waals surface area (Å²) in [5, 5.41) is 0. The van der Waals surface area contributed by atoms with E-state index < -0.39 is 17.9 Å². The summed E-state index contributed by atoms with van der Waals surface area (Å²) in [6, 6.07) is 14.3. The van der Waals surface area contributed by atoms with Gasteiger partial charge in [0.1, 0.15) is 24.7 Å². The minimum absolute atomic E-state index is 0.0398. The Bertz CT molecular complexity index is 873. The van der Waals surface area contributed by atoms with E-state index in [2.05, 4.69) is 0 Å². The molecule has 4 aliphatic heterocycles. The van der Waals surface area contributed by atoms with Crippen LogP contribution in [0.3, 0.4) is 0 Å². The highest BCUT2D eigenvalue weighted by atomic mass is 16.5. The van der Waals surface area contributed by atoms with Gasteiger partial charge < -0.3 is 19.9 Å². The lowest BCUT2D eigenvalue weighted by molar-refractivity contribution is -0.147. The van der Waals surface area contributed by atoms with Gasteiger partial charge in [0, 0.05) is 6.42 Å². The fourth-order valence-corrected chi connectivity index (χ4v) is 3.32. The predicted molar refractivity (Wildman–Crippen MR) is 114 cm³/mol. The maximum Gasteiger partial charge on any atom is 0.309 e. The van der Waals surface area contributed by atoms with E-state index >= 15 is 0 Å². The van der Waals surface area contributed by atoms with Crippen LogP contribution in [0.25, 0.3) is 0 Å². The molecule has 158 valence electrons. The molecule has 4 bridgehead atoms. The quantitative estimate of drug-likeness (QED) is 0.576. The van der Waals surface area contributed by atoms with Gasteiger partial charge in [0.05, 0.1) is 19.1 Å². The number of ether oxygens (including phenoxy) is 3. The standard InChI is InChI=1S/C24H27NO5/c1-28-24(27)19-14-17-4-8-20(9-5-17)29-12-2-3-13-30-21-10-6-18(7-11-21)15-22(25)23(26)16-19/h2-11,19,22H,12-16,25H2,1H3/b3-2-/t19-,22-/m1/s1. The molecule has 0 amide bonds. The molecule has 4 aliphatic rings. The van der Waals surface area contributed by atoms with E-state index in [1.165, 1.54) is 7.11 Å². The van der Waals surface area contributed by atoms with Crippen molar-refractivity contribution in [3.63, 3.8) is 0 Å². The summed E-state index contributed by atoms with van der Waals surface area (Å²) >= 11 is 0. The molecule has 2 N–H and O–H groups in total. The first kappa shape index (κ1) is 21.6. The third kappa shape index (κ3) is 6.19. The molecule has 0 aromatic heterocycles. The number of rotatable bonds is 1. The average Bonchev–Trinajstić information content (AvgIpc) is 2.76. The Morgan fingerprint density at radius 1 is 0.867 bits per heavy atom. The lowest BCUT2D eigenvalue weighted by Crippen LogP contribution is -2.35. The summed E-state index contributed by atoms with van der Waals surface area (Å²) in [5.74, 6) is 0.307. The van der Waals surface area contributed by atoms with Crippen LogP contribution in [0, 0.1) is 5.92 Å². The number of nitrogens with two attached hydrogens (primary N) is 1. The zero-order valence-electron chi connectivity index (χ0n) is 17.1. The van der Waals surface area contributed by atoms with Crippen molar-refractivity contribution < 1.29 is 23.8 Å². The van der Waals surface area contributed by atoms with Gasteiger partial charge in [-0.2, -0.15) is 0 Å². The Morgan fingerprint density at radius 3 is 1.87 bits per heavy atom. The van der Waals surface area contributed by atoms with Gasteiger partial charge in [0.15, 0.2) is 5.78 Å². The molecule has 6 nitrogen and oxygen atoms in total. The van der Waals surface area contributed by atoms with Crippen LogP contribution in [-0.2, 0) is 27.2 Å². The lowest BCUT2D eigenvalue weighted by Gasteiger charge is -2.17. The smallest absolute Gasteiger partial charge is 0.309 e. The number of Topliss-reactive ketones (excluding diaryl/α,β-unsaturated/α-hetero) is 1. The SMILES string of the molecule is COC(=O)[C@H]1CC(=O)[C@H](N)Cc2ccc(cc2)OC/C=C\COc2ccc(cc2)C1. The fourth-order valence-electron chi connectivity index (χ4n) is 3.32. The van der Waals surface area contributed by atoms with Crippen LogP contribution in [0.2, 0.25) is 0 Å². The second-order valence-electron chi connectivity index (χ2n) is 7.29. The molecule has 30 heavy (non-hydrogen) atoms. The summed E-state index contributed by atoms with van der Waals surface area (Å²) in [6.45, 7) is 0.868. The number of carbonyl (C=O) groups is 2. The summed E-state index contributed by atoms with van der Waals surface area (Å²) < 4.78 is 16.3. The van der Waals surface area contributed by atoms with Crippen LogP contribution >= 0.6 is 0 Å². The third-order valence-electron chi connectivity index (χ3n) is 5.04. The zero-order chi connectivity index (χ0) is 21.3. The summed E-state index contributed by atoms with van der Waals surface area (Å²) in [5.41, 5.74) is 8.00. The molecule has 0 aliphatic carbocycles. The first-order valence-corrected chi connectivity index (χ1v) is 9.99. The van der Waals surface area contributed by atoms with Crippen molar-refractivity contribution in [3.8, 4) is 11.5 Å². The molecule has 6 rings (SSSR count).